The van der Waals surface area contributed by atoms with Crippen LogP contribution in [0.25, 0.3) is 43.8 Å². The van der Waals surface area contributed by atoms with Gasteiger partial charge in [-0.3, -0.25) is 0 Å². The third-order valence-corrected chi connectivity index (χ3v) is 5.97. The largest absolute Gasteiger partial charge is 0.507 e. The summed E-state index contributed by atoms with van der Waals surface area (Å²) in [6.07, 6.45) is 0. The van der Waals surface area contributed by atoms with Crippen LogP contribution in [0.15, 0.2) is 133 Å². The van der Waals surface area contributed by atoms with Crippen molar-refractivity contribution >= 4 is 21.5 Å². The van der Waals surface area contributed by atoms with E-state index in [1.807, 2.05) is 84.9 Å². The molecule has 6 N–H and O–H groups in total. The third kappa shape index (κ3) is 6.17. The number of hydrogen-bond acceptors (Lipinski definition) is 2. The van der Waals surface area contributed by atoms with E-state index in [4.69, 9.17) is 0 Å². The Morgan fingerprint density at radius 2 is 0.622 bits per heavy atom. The van der Waals surface area contributed by atoms with E-state index in [0.29, 0.717) is 11.5 Å². The molecule has 0 spiro atoms. The Kier molecular flexibility index (Phi) is 10.4. The number of benzene rings is 6. The number of hydrogen-bond donors (Lipinski definition) is 2. The maximum absolute atomic E-state index is 9.92. The van der Waals surface area contributed by atoms with Crippen molar-refractivity contribution in [2.45, 2.75) is 0 Å². The summed E-state index contributed by atoms with van der Waals surface area (Å²) in [4.78, 5) is 0. The molecule has 37 heavy (non-hydrogen) atoms. The van der Waals surface area contributed by atoms with E-state index >= 15 is 0 Å². The summed E-state index contributed by atoms with van der Waals surface area (Å²) in [6, 6.07) is 43.6. The van der Waals surface area contributed by atoms with Crippen LogP contribution in [-0.4, -0.2) is 21.2 Å². The molecule has 0 atom stereocenters. The number of phenolic OH excluding ortho intramolecular Hbond substituents is 2. The molecular formula is C32H28CoO4. The van der Waals surface area contributed by atoms with Gasteiger partial charge in [-0.2, -0.15) is 0 Å². The van der Waals surface area contributed by atoms with Crippen molar-refractivity contribution < 1.29 is 37.9 Å². The van der Waals surface area contributed by atoms with Gasteiger partial charge in [-0.1, -0.05) is 121 Å². The zero-order valence-electron chi connectivity index (χ0n) is 19.9. The molecule has 6 aromatic carbocycles. The van der Waals surface area contributed by atoms with Crippen LogP contribution in [0.5, 0.6) is 11.5 Å². The van der Waals surface area contributed by atoms with Crippen molar-refractivity contribution in [3.05, 3.63) is 133 Å². The van der Waals surface area contributed by atoms with Gasteiger partial charge in [0, 0.05) is 27.9 Å². The van der Waals surface area contributed by atoms with Gasteiger partial charge in [-0.25, -0.2) is 0 Å². The summed E-state index contributed by atoms with van der Waals surface area (Å²) in [6.45, 7) is 0. The van der Waals surface area contributed by atoms with E-state index in [1.165, 1.54) is 10.8 Å². The van der Waals surface area contributed by atoms with Crippen LogP contribution in [0.2, 0.25) is 0 Å². The van der Waals surface area contributed by atoms with Gasteiger partial charge in [-0.15, -0.1) is 0 Å². The van der Waals surface area contributed by atoms with Gasteiger partial charge in [0.25, 0.3) is 0 Å². The number of rotatable bonds is 2. The van der Waals surface area contributed by atoms with Crippen LogP contribution in [0.4, 0.5) is 0 Å². The predicted octanol–water partition coefficient (Wildman–Crippen LogP) is 6.77. The number of fused-ring (bicyclic) bond motifs is 2. The molecule has 6 rings (SSSR count). The molecule has 0 fully saturated rings. The average Bonchev–Trinajstić information content (AvgIpc) is 2.89. The maximum Gasteiger partial charge on any atom is 0.123 e. The van der Waals surface area contributed by atoms with Gasteiger partial charge in [0.2, 0.25) is 0 Å². The molecule has 0 aliphatic carbocycles. The summed E-state index contributed by atoms with van der Waals surface area (Å²) in [5, 5.41) is 24.6. The smallest absolute Gasteiger partial charge is 0.123 e. The molecule has 0 aliphatic rings. The summed E-state index contributed by atoms with van der Waals surface area (Å²) in [5.74, 6) is 0.646. The Bertz CT molecular complexity index is 1470. The molecule has 0 heterocycles. The van der Waals surface area contributed by atoms with E-state index in [2.05, 4.69) is 36.4 Å². The summed E-state index contributed by atoms with van der Waals surface area (Å²) >= 11 is 0. The van der Waals surface area contributed by atoms with E-state index in [1.54, 1.807) is 12.1 Å². The van der Waals surface area contributed by atoms with E-state index in [9.17, 15) is 10.2 Å². The number of phenols is 2. The molecule has 0 saturated carbocycles. The van der Waals surface area contributed by atoms with Crippen LogP contribution >= 0.6 is 0 Å². The number of aromatic hydroxyl groups is 2. The second-order valence-corrected chi connectivity index (χ2v) is 8.09. The molecule has 0 aliphatic heterocycles. The van der Waals surface area contributed by atoms with Crippen molar-refractivity contribution in [3.8, 4) is 33.8 Å². The molecule has 1 radical (unpaired) electrons. The normalized spacial score (nSPS) is 9.73. The van der Waals surface area contributed by atoms with Crippen molar-refractivity contribution in [2.75, 3.05) is 0 Å². The van der Waals surface area contributed by atoms with E-state index in [0.717, 1.165) is 33.0 Å². The molecule has 0 aromatic heterocycles. The molecule has 5 heteroatoms. The molecule has 0 saturated heterocycles. The van der Waals surface area contributed by atoms with E-state index in [-0.39, 0.29) is 27.7 Å². The van der Waals surface area contributed by atoms with Gasteiger partial charge in [-0.05, 0) is 44.8 Å². The zero-order chi connectivity index (χ0) is 23.3. The van der Waals surface area contributed by atoms with Crippen molar-refractivity contribution in [1.29, 1.82) is 0 Å². The van der Waals surface area contributed by atoms with Gasteiger partial charge >= 0.3 is 0 Å². The minimum atomic E-state index is 0. The Morgan fingerprint density at radius 3 is 1.03 bits per heavy atom. The first-order valence-electron chi connectivity index (χ1n) is 11.2. The molecule has 0 amide bonds. The fourth-order valence-electron chi connectivity index (χ4n) is 4.32. The van der Waals surface area contributed by atoms with Gasteiger partial charge in [0.1, 0.15) is 11.5 Å². The molecule has 189 valence electrons. The van der Waals surface area contributed by atoms with Gasteiger partial charge in [0.05, 0.1) is 0 Å². The van der Waals surface area contributed by atoms with Crippen LogP contribution in [-0.2, 0) is 16.8 Å². The topological polar surface area (TPSA) is 103 Å². The van der Waals surface area contributed by atoms with Crippen LogP contribution in [0.3, 0.4) is 0 Å². The first-order valence-corrected chi connectivity index (χ1v) is 11.2. The Labute approximate surface area is 226 Å². The third-order valence-electron chi connectivity index (χ3n) is 5.97. The average molecular weight is 536 g/mol. The minimum absolute atomic E-state index is 0. The van der Waals surface area contributed by atoms with Crippen molar-refractivity contribution in [2.24, 2.45) is 0 Å². The standard InChI is InChI=1S/2C16H12O.Co.2H2O/c2*17-16-11-4-3-9-15(16)14-10-5-7-12-6-1-2-8-13(12)14;;;/h2*1-11,17H;;2*1H2. The second-order valence-electron chi connectivity index (χ2n) is 8.09. The Hall–Kier alpha value is -4.13. The second kappa shape index (κ2) is 13.3. The summed E-state index contributed by atoms with van der Waals surface area (Å²) < 4.78 is 0. The SMILES string of the molecule is O.O.Oc1ccccc1-c1cccc2ccccc12.Oc1ccccc1-c1cccc2ccccc12.[Co]. The Balaban J connectivity index is 0.000000241. The first-order chi connectivity index (χ1) is 16.7. The molecule has 6 aromatic rings. The minimum Gasteiger partial charge on any atom is -0.507 e. The van der Waals surface area contributed by atoms with Crippen molar-refractivity contribution in [1.82, 2.24) is 0 Å². The van der Waals surface area contributed by atoms with Crippen LogP contribution in [0.1, 0.15) is 0 Å². The monoisotopic (exact) mass is 535 g/mol. The molecular weight excluding hydrogens is 507 g/mol. The fraction of sp³-hybridized carbons (Fsp3) is 0. The summed E-state index contributed by atoms with van der Waals surface area (Å²) in [7, 11) is 0. The summed E-state index contributed by atoms with van der Waals surface area (Å²) in [5.41, 5.74) is 3.90. The fourth-order valence-corrected chi connectivity index (χ4v) is 4.32. The molecule has 4 nitrogen and oxygen atoms in total. The molecule has 0 bridgehead atoms. The number of para-hydroxylation sites is 2. The van der Waals surface area contributed by atoms with E-state index < -0.39 is 0 Å². The van der Waals surface area contributed by atoms with Crippen LogP contribution < -0.4 is 0 Å². The molecule has 0 unspecified atom stereocenters. The van der Waals surface area contributed by atoms with Gasteiger partial charge in [0.15, 0.2) is 0 Å². The van der Waals surface area contributed by atoms with Gasteiger partial charge < -0.3 is 21.2 Å². The zero-order valence-corrected chi connectivity index (χ0v) is 21.0. The van der Waals surface area contributed by atoms with Crippen LogP contribution in [0, 0.1) is 0 Å². The first kappa shape index (κ1) is 29.1. The Morgan fingerprint density at radius 1 is 0.324 bits per heavy atom. The van der Waals surface area contributed by atoms with Crippen molar-refractivity contribution in [3.63, 3.8) is 0 Å². The predicted molar refractivity (Wildman–Crippen MR) is 149 cm³/mol. The quantitative estimate of drug-likeness (QED) is 0.255. The maximum atomic E-state index is 9.92.